The highest BCUT2D eigenvalue weighted by molar-refractivity contribution is 5.99. The largest absolute Gasteiger partial charge is 0.489 e. The van der Waals surface area contributed by atoms with Gasteiger partial charge in [0.05, 0.1) is 16.9 Å². The molecule has 4 aliphatic carbocycles. The molecule has 4 bridgehead atoms. The zero-order valence-electron chi connectivity index (χ0n) is 20.5. The lowest BCUT2D eigenvalue weighted by Gasteiger charge is -2.65. The van der Waals surface area contributed by atoms with Gasteiger partial charge in [-0.05, 0) is 73.0 Å². The number of benzene rings is 2. The second kappa shape index (κ2) is 6.99. The molecule has 1 N–H and O–H groups in total. The van der Waals surface area contributed by atoms with E-state index in [0.29, 0.717) is 23.7 Å². The van der Waals surface area contributed by atoms with Gasteiger partial charge in [-0.15, -0.1) is 0 Å². The molecule has 35 heavy (non-hydrogen) atoms. The van der Waals surface area contributed by atoms with E-state index >= 15 is 0 Å². The number of hydrogen-bond acceptors (Lipinski definition) is 3. The van der Waals surface area contributed by atoms with Crippen molar-refractivity contribution in [3.63, 3.8) is 0 Å². The summed E-state index contributed by atoms with van der Waals surface area (Å²) in [5.74, 6) is 1.14. The lowest BCUT2D eigenvalue weighted by molar-refractivity contribution is -0.114. The first-order valence-corrected chi connectivity index (χ1v) is 12.9. The third-order valence-corrected chi connectivity index (χ3v) is 9.18. The summed E-state index contributed by atoms with van der Waals surface area (Å²) in [7, 11) is 0. The molecule has 8 rings (SSSR count). The highest BCUT2D eigenvalue weighted by atomic mass is 16.5. The molecule has 5 atom stereocenters. The van der Waals surface area contributed by atoms with Crippen LogP contribution in [0.1, 0.15) is 74.3 Å². The number of ether oxygens (including phenoxy) is 1. The van der Waals surface area contributed by atoms with Gasteiger partial charge < -0.3 is 14.6 Å². The average Bonchev–Trinajstić information content (AvgIpc) is 2.79. The van der Waals surface area contributed by atoms with E-state index in [4.69, 9.17) is 4.74 Å². The molecule has 0 radical (unpaired) electrons. The van der Waals surface area contributed by atoms with Gasteiger partial charge in [0, 0.05) is 11.7 Å². The molecule has 1 aliphatic heterocycles. The van der Waals surface area contributed by atoms with Crippen molar-refractivity contribution in [1.82, 2.24) is 9.88 Å². The van der Waals surface area contributed by atoms with E-state index < -0.39 is 0 Å². The summed E-state index contributed by atoms with van der Waals surface area (Å²) in [5, 5.41) is 3.99. The Morgan fingerprint density at radius 2 is 1.71 bits per heavy atom. The van der Waals surface area contributed by atoms with Gasteiger partial charge >= 0.3 is 0 Å². The first-order chi connectivity index (χ1) is 16.8. The number of carbonyl (C=O) groups excluding carboxylic acids is 1. The summed E-state index contributed by atoms with van der Waals surface area (Å²) in [5.41, 5.74) is 2.27. The second-order valence-electron chi connectivity index (χ2n) is 12.5. The van der Waals surface area contributed by atoms with Gasteiger partial charge in [0.2, 0.25) is 5.43 Å². The summed E-state index contributed by atoms with van der Waals surface area (Å²) in [6, 6.07) is 15.6. The number of carbonyl (C=O) groups is 1. The van der Waals surface area contributed by atoms with Crippen molar-refractivity contribution < 1.29 is 9.53 Å². The molecule has 1 amide bonds. The molecule has 2 aromatic carbocycles. The normalized spacial score (nSPS) is 34.6. The van der Waals surface area contributed by atoms with E-state index in [1.54, 1.807) is 6.20 Å². The molecule has 5 nitrogen and oxygen atoms in total. The van der Waals surface area contributed by atoms with Crippen LogP contribution in [0, 0.1) is 16.7 Å². The fraction of sp³-hybridized carbons (Fsp3) is 0.467. The van der Waals surface area contributed by atoms with Crippen LogP contribution in [0.5, 0.6) is 5.75 Å². The van der Waals surface area contributed by atoms with Crippen LogP contribution in [-0.2, 0) is 0 Å². The van der Waals surface area contributed by atoms with Gasteiger partial charge in [-0.25, -0.2) is 0 Å². The van der Waals surface area contributed by atoms with E-state index in [1.165, 1.54) is 19.3 Å². The minimum atomic E-state index is -0.224. The smallest absolute Gasteiger partial charge is 0.257 e. The predicted octanol–water partition coefficient (Wildman–Crippen LogP) is 5.46. The Hall–Kier alpha value is -3.08. The number of nitrogens with zero attached hydrogens (tertiary/aromatic N) is 1. The Bertz CT molecular complexity index is 1410. The first-order valence-electron chi connectivity index (χ1n) is 12.9. The van der Waals surface area contributed by atoms with Gasteiger partial charge in [0.1, 0.15) is 17.9 Å². The standard InChI is InChI=1S/C30H32N2O3/c1-28-11-19-12-29(2,16-28)18-30(13-19,17-28)31-27(34)22-14-32-23(20-7-4-3-5-8-20)15-35-24-10-6-9-21(25(24)32)26(22)33/h3-10,14,19,23H,11-13,15-18H2,1-2H3,(H,31,34)/t19?,23?,28-,29+,30?. The molecule has 5 aliphatic rings. The number of pyridine rings is 1. The van der Waals surface area contributed by atoms with Crippen molar-refractivity contribution in [2.45, 2.75) is 64.0 Å². The minimum Gasteiger partial charge on any atom is -0.489 e. The molecule has 4 fully saturated rings. The molecule has 1 aromatic heterocycles. The van der Waals surface area contributed by atoms with Crippen LogP contribution < -0.4 is 15.5 Å². The maximum atomic E-state index is 13.9. The maximum Gasteiger partial charge on any atom is 0.257 e. The monoisotopic (exact) mass is 468 g/mol. The summed E-state index contributed by atoms with van der Waals surface area (Å²) in [6.07, 6.45) is 8.64. The molecular formula is C30H32N2O3. The van der Waals surface area contributed by atoms with E-state index in [9.17, 15) is 9.59 Å². The first kappa shape index (κ1) is 21.2. The fourth-order valence-corrected chi connectivity index (χ4v) is 8.98. The fourth-order valence-electron chi connectivity index (χ4n) is 8.98. The SMILES string of the molecule is C[C@]12CC3CC(NC(=O)c4cn5c6c(cccc6c4=O)OCC5c4ccccc4)(C1)C[C@@](C)(C3)C2. The maximum absolute atomic E-state index is 13.9. The predicted molar refractivity (Wildman–Crippen MR) is 136 cm³/mol. The lowest BCUT2D eigenvalue weighted by Crippen LogP contribution is -2.65. The number of hydrogen-bond donors (Lipinski definition) is 1. The number of para-hydroxylation sites is 1. The van der Waals surface area contributed by atoms with Gasteiger partial charge in [0.25, 0.3) is 5.91 Å². The molecular weight excluding hydrogens is 436 g/mol. The number of aromatic nitrogens is 1. The lowest BCUT2D eigenvalue weighted by atomic mass is 9.43. The Kier molecular flexibility index (Phi) is 4.24. The van der Waals surface area contributed by atoms with Crippen molar-refractivity contribution in [3.8, 4) is 5.75 Å². The molecule has 3 unspecified atom stereocenters. The molecule has 4 saturated carbocycles. The number of amides is 1. The van der Waals surface area contributed by atoms with Crippen LogP contribution in [0.15, 0.2) is 59.5 Å². The molecule has 0 spiro atoms. The van der Waals surface area contributed by atoms with E-state index in [-0.39, 0.29) is 39.3 Å². The number of nitrogens with one attached hydrogen (secondary N) is 1. The van der Waals surface area contributed by atoms with Crippen LogP contribution in [0.25, 0.3) is 10.9 Å². The molecule has 5 heteroatoms. The molecule has 3 aromatic rings. The minimum absolute atomic E-state index is 0.0990. The second-order valence-corrected chi connectivity index (χ2v) is 12.5. The van der Waals surface area contributed by atoms with Crippen molar-refractivity contribution in [2.75, 3.05) is 6.61 Å². The zero-order chi connectivity index (χ0) is 24.0. The van der Waals surface area contributed by atoms with Crippen LogP contribution in [0.2, 0.25) is 0 Å². The van der Waals surface area contributed by atoms with Gasteiger partial charge in [-0.1, -0.05) is 50.2 Å². The van der Waals surface area contributed by atoms with Gasteiger partial charge in [0.15, 0.2) is 0 Å². The third kappa shape index (κ3) is 3.20. The van der Waals surface area contributed by atoms with E-state index in [2.05, 4.69) is 35.9 Å². The molecule has 2 heterocycles. The summed E-state index contributed by atoms with van der Waals surface area (Å²) in [4.78, 5) is 27.5. The van der Waals surface area contributed by atoms with Crippen LogP contribution in [0.3, 0.4) is 0 Å². The highest BCUT2D eigenvalue weighted by Gasteiger charge is 2.60. The topological polar surface area (TPSA) is 60.3 Å². The highest BCUT2D eigenvalue weighted by Crippen LogP contribution is 2.66. The molecule has 180 valence electrons. The zero-order valence-corrected chi connectivity index (χ0v) is 20.5. The van der Waals surface area contributed by atoms with Gasteiger partial charge in [-0.3, -0.25) is 9.59 Å². The van der Waals surface area contributed by atoms with Crippen molar-refractivity contribution in [1.29, 1.82) is 0 Å². The third-order valence-electron chi connectivity index (χ3n) is 9.18. The Morgan fingerprint density at radius 3 is 2.43 bits per heavy atom. The summed E-state index contributed by atoms with van der Waals surface area (Å²) in [6.45, 7) is 5.26. The van der Waals surface area contributed by atoms with Crippen molar-refractivity contribution >= 4 is 16.8 Å². The number of rotatable bonds is 3. The Morgan fingerprint density at radius 1 is 0.971 bits per heavy atom. The average molecular weight is 469 g/mol. The van der Waals surface area contributed by atoms with Gasteiger partial charge in [-0.2, -0.15) is 0 Å². The van der Waals surface area contributed by atoms with Crippen LogP contribution >= 0.6 is 0 Å². The Labute approximate surface area is 205 Å². The molecule has 0 saturated heterocycles. The van der Waals surface area contributed by atoms with E-state index in [1.807, 2.05) is 36.4 Å². The van der Waals surface area contributed by atoms with Crippen molar-refractivity contribution in [3.05, 3.63) is 76.1 Å². The van der Waals surface area contributed by atoms with Crippen LogP contribution in [-0.4, -0.2) is 22.6 Å². The summed E-state index contributed by atoms with van der Waals surface area (Å²) >= 11 is 0. The Balaban J connectivity index is 1.32. The van der Waals surface area contributed by atoms with E-state index in [0.717, 1.165) is 30.3 Å². The quantitative estimate of drug-likeness (QED) is 0.555. The van der Waals surface area contributed by atoms with Crippen LogP contribution in [0.4, 0.5) is 0 Å². The summed E-state index contributed by atoms with van der Waals surface area (Å²) < 4.78 is 8.16. The van der Waals surface area contributed by atoms with Crippen molar-refractivity contribution in [2.24, 2.45) is 16.7 Å².